The number of hydrogen-bond donors (Lipinski definition) is 0. The van der Waals surface area contributed by atoms with E-state index in [0.29, 0.717) is 32.2 Å². The fraction of sp³-hybridized carbons (Fsp3) is 0.900. The van der Waals surface area contributed by atoms with Crippen molar-refractivity contribution in [3.05, 3.63) is 0 Å². The minimum absolute atomic E-state index is 0.0120. The summed E-state index contributed by atoms with van der Waals surface area (Å²) in [6.07, 6.45) is 3.31. The Kier molecular flexibility index (Phi) is 3.03. The maximum Gasteiger partial charge on any atom is 0.241 e. The topological polar surface area (TPSA) is 53.3 Å². The molecule has 2 aliphatic rings. The van der Waals surface area contributed by atoms with Crippen molar-refractivity contribution in [3.63, 3.8) is 0 Å². The smallest absolute Gasteiger partial charge is 0.241 e. The van der Waals surface area contributed by atoms with Crippen LogP contribution in [0, 0.1) is 5.92 Å². The van der Waals surface area contributed by atoms with E-state index in [9.17, 15) is 4.79 Å². The number of ether oxygens (including phenoxy) is 1. The molecule has 1 atom stereocenters. The van der Waals surface area contributed by atoms with Crippen LogP contribution in [-0.2, 0) is 9.53 Å². The van der Waals surface area contributed by atoms with Crippen molar-refractivity contribution in [2.24, 2.45) is 5.92 Å². The summed E-state index contributed by atoms with van der Waals surface area (Å²) < 4.78 is 5.18. The molecule has 0 aromatic heterocycles. The van der Waals surface area contributed by atoms with Gasteiger partial charge in [0, 0.05) is 13.1 Å². The van der Waals surface area contributed by atoms with Crippen LogP contribution in [0.15, 0.2) is 0 Å². The third-order valence-corrected chi connectivity index (χ3v) is 3.21. The molecule has 79 valence electrons. The van der Waals surface area contributed by atoms with Crippen molar-refractivity contribution >= 4 is 5.91 Å². The van der Waals surface area contributed by atoms with Crippen LogP contribution in [-0.4, -0.2) is 43.2 Å². The molecule has 1 aliphatic carbocycles. The van der Waals surface area contributed by atoms with E-state index in [-0.39, 0.29) is 5.91 Å². The number of nitrogens with one attached hydrogen (secondary N) is 1. The molecule has 1 N–H and O–H groups in total. The van der Waals surface area contributed by atoms with Gasteiger partial charge in [0.15, 0.2) is 0 Å². The number of nitrogens with zero attached hydrogens (tertiary/aromatic N) is 1. The molecule has 2 fully saturated rings. The summed E-state index contributed by atoms with van der Waals surface area (Å²) >= 11 is 0. The first-order chi connectivity index (χ1) is 6.79. The number of amides is 1. The minimum atomic E-state index is -0.512. The van der Waals surface area contributed by atoms with Gasteiger partial charge < -0.3 is 9.64 Å². The Morgan fingerprint density at radius 2 is 2.00 bits per heavy atom. The number of morpholine rings is 1. The zero-order chi connectivity index (χ0) is 9.97. The highest BCUT2D eigenvalue weighted by Gasteiger charge is 2.33. The second-order valence-electron chi connectivity index (χ2n) is 4.11. The Bertz CT molecular complexity index is 206. The van der Waals surface area contributed by atoms with Gasteiger partial charge in [-0.25, -0.2) is 5.73 Å². The SMILES string of the molecule is [NH]C(C(=O)N1CCOCC1)C1CCC1. The normalized spacial score (nSPS) is 25.6. The largest absolute Gasteiger partial charge is 0.378 e. The Morgan fingerprint density at radius 3 is 2.50 bits per heavy atom. The lowest BCUT2D eigenvalue weighted by Gasteiger charge is -2.34. The molecule has 2 rings (SSSR count). The summed E-state index contributed by atoms with van der Waals surface area (Å²) in [5.74, 6) is 0.336. The monoisotopic (exact) mass is 197 g/mol. The molecule has 0 spiro atoms. The van der Waals surface area contributed by atoms with E-state index in [0.717, 1.165) is 12.8 Å². The lowest BCUT2D eigenvalue weighted by Crippen LogP contribution is -2.49. The molecule has 0 aromatic carbocycles. The third-order valence-electron chi connectivity index (χ3n) is 3.21. The van der Waals surface area contributed by atoms with Crippen molar-refractivity contribution in [1.82, 2.24) is 10.6 Å². The van der Waals surface area contributed by atoms with Crippen molar-refractivity contribution in [3.8, 4) is 0 Å². The highest BCUT2D eigenvalue weighted by molar-refractivity contribution is 5.82. The molecular formula is C10H17N2O2. The van der Waals surface area contributed by atoms with Crippen molar-refractivity contribution in [1.29, 1.82) is 0 Å². The molecule has 4 heteroatoms. The molecule has 1 saturated carbocycles. The Labute approximate surface area is 84.4 Å². The van der Waals surface area contributed by atoms with Crippen molar-refractivity contribution in [2.45, 2.75) is 25.3 Å². The van der Waals surface area contributed by atoms with Crippen LogP contribution < -0.4 is 5.73 Å². The quantitative estimate of drug-likeness (QED) is 0.639. The van der Waals surface area contributed by atoms with Crippen LogP contribution in [0.3, 0.4) is 0 Å². The average molecular weight is 197 g/mol. The number of hydrogen-bond acceptors (Lipinski definition) is 2. The third kappa shape index (κ3) is 1.91. The van der Waals surface area contributed by atoms with Gasteiger partial charge in [-0.1, -0.05) is 6.42 Å². The van der Waals surface area contributed by atoms with Gasteiger partial charge >= 0.3 is 0 Å². The van der Waals surface area contributed by atoms with E-state index in [2.05, 4.69) is 0 Å². The predicted octanol–water partition coefficient (Wildman–Crippen LogP) is 0.297. The Hall–Kier alpha value is -0.610. The summed E-state index contributed by atoms with van der Waals surface area (Å²) in [7, 11) is 0. The van der Waals surface area contributed by atoms with Gasteiger partial charge in [0.25, 0.3) is 0 Å². The summed E-state index contributed by atoms with van der Waals surface area (Å²) in [5, 5.41) is 0. The van der Waals surface area contributed by atoms with Gasteiger partial charge in [0.05, 0.1) is 13.2 Å². The number of carbonyl (C=O) groups excluding carboxylic acids is 1. The first-order valence-corrected chi connectivity index (χ1v) is 5.36. The fourth-order valence-corrected chi connectivity index (χ4v) is 1.96. The van der Waals surface area contributed by atoms with E-state index in [1.165, 1.54) is 6.42 Å². The van der Waals surface area contributed by atoms with Gasteiger partial charge in [-0.3, -0.25) is 4.79 Å². The fourth-order valence-electron chi connectivity index (χ4n) is 1.96. The Balaban J connectivity index is 1.85. The van der Waals surface area contributed by atoms with Crippen LogP contribution in [0.25, 0.3) is 0 Å². The van der Waals surface area contributed by atoms with E-state index in [4.69, 9.17) is 10.5 Å². The van der Waals surface area contributed by atoms with Crippen LogP contribution >= 0.6 is 0 Å². The van der Waals surface area contributed by atoms with Crippen LogP contribution in [0.1, 0.15) is 19.3 Å². The highest BCUT2D eigenvalue weighted by Crippen LogP contribution is 2.30. The van der Waals surface area contributed by atoms with E-state index in [1.54, 1.807) is 4.90 Å². The van der Waals surface area contributed by atoms with Crippen molar-refractivity contribution < 1.29 is 9.53 Å². The summed E-state index contributed by atoms with van der Waals surface area (Å²) in [6, 6.07) is -0.512. The second-order valence-corrected chi connectivity index (χ2v) is 4.11. The molecule has 4 nitrogen and oxygen atoms in total. The maximum absolute atomic E-state index is 11.8. The van der Waals surface area contributed by atoms with Crippen LogP contribution in [0.2, 0.25) is 0 Å². The minimum Gasteiger partial charge on any atom is -0.378 e. The molecule has 1 amide bonds. The van der Waals surface area contributed by atoms with E-state index >= 15 is 0 Å². The average Bonchev–Trinajstić information content (AvgIpc) is 2.15. The van der Waals surface area contributed by atoms with Gasteiger partial charge in [0.2, 0.25) is 5.91 Å². The molecule has 14 heavy (non-hydrogen) atoms. The Morgan fingerprint density at radius 1 is 1.36 bits per heavy atom. The van der Waals surface area contributed by atoms with Crippen LogP contribution in [0.4, 0.5) is 0 Å². The molecule has 1 unspecified atom stereocenters. The molecule has 0 bridgehead atoms. The first kappa shape index (κ1) is 9.93. The predicted molar refractivity (Wildman–Crippen MR) is 51.6 cm³/mol. The standard InChI is InChI=1S/C10H17N2O2/c11-9(8-2-1-3-8)10(13)12-4-6-14-7-5-12/h8-9,11H,1-7H2. The van der Waals surface area contributed by atoms with Gasteiger partial charge in [-0.05, 0) is 18.8 Å². The molecular weight excluding hydrogens is 180 g/mol. The number of carbonyl (C=O) groups is 1. The molecule has 1 heterocycles. The van der Waals surface area contributed by atoms with Crippen LogP contribution in [0.5, 0.6) is 0 Å². The van der Waals surface area contributed by atoms with Gasteiger partial charge in [-0.15, -0.1) is 0 Å². The molecule has 1 aliphatic heterocycles. The first-order valence-electron chi connectivity index (χ1n) is 5.36. The number of rotatable bonds is 2. The molecule has 0 aromatic rings. The van der Waals surface area contributed by atoms with E-state index < -0.39 is 6.04 Å². The molecule has 1 saturated heterocycles. The lowest BCUT2D eigenvalue weighted by atomic mass is 9.79. The van der Waals surface area contributed by atoms with Crippen molar-refractivity contribution in [2.75, 3.05) is 26.3 Å². The zero-order valence-electron chi connectivity index (χ0n) is 8.37. The zero-order valence-corrected chi connectivity index (χ0v) is 8.37. The second kappa shape index (κ2) is 4.28. The summed E-state index contributed by atoms with van der Waals surface area (Å²) in [6.45, 7) is 2.59. The maximum atomic E-state index is 11.8. The lowest BCUT2D eigenvalue weighted by molar-refractivity contribution is -0.138. The summed E-state index contributed by atoms with van der Waals surface area (Å²) in [5.41, 5.74) is 7.84. The van der Waals surface area contributed by atoms with Gasteiger partial charge in [0.1, 0.15) is 6.04 Å². The summed E-state index contributed by atoms with van der Waals surface area (Å²) in [4.78, 5) is 13.6. The highest BCUT2D eigenvalue weighted by atomic mass is 16.5. The molecule has 1 radical (unpaired) electrons. The van der Waals surface area contributed by atoms with E-state index in [1.807, 2.05) is 0 Å². The van der Waals surface area contributed by atoms with Gasteiger partial charge in [-0.2, -0.15) is 0 Å².